The smallest absolute Gasteiger partial charge is 0.410 e. The van der Waals surface area contributed by atoms with Gasteiger partial charge in [0, 0.05) is 25.3 Å². The molecule has 2 amide bonds. The van der Waals surface area contributed by atoms with Crippen molar-refractivity contribution in [3.63, 3.8) is 0 Å². The number of carbonyl (C=O) groups excluding carboxylic acids is 2. The molecule has 0 aromatic carbocycles. The maximum atomic E-state index is 12.7. The van der Waals surface area contributed by atoms with Crippen LogP contribution in [-0.4, -0.2) is 52.7 Å². The van der Waals surface area contributed by atoms with Crippen LogP contribution >= 0.6 is 11.6 Å². The molecule has 26 heavy (non-hydrogen) atoms. The molecule has 2 aliphatic rings. The summed E-state index contributed by atoms with van der Waals surface area (Å²) in [5, 5.41) is 0.450. The molecule has 2 aliphatic heterocycles. The number of amides is 2. The topological polar surface area (TPSA) is 72.0 Å². The average Bonchev–Trinajstić information content (AvgIpc) is 2.55. The summed E-state index contributed by atoms with van der Waals surface area (Å²) in [6.07, 6.45) is 1.90. The summed E-state index contributed by atoms with van der Waals surface area (Å²) in [6.45, 7) is 8.31. The third kappa shape index (κ3) is 3.87. The number of carbonyl (C=O) groups is 2. The number of fused-ring (bicyclic) bond motifs is 1. The van der Waals surface area contributed by atoms with Gasteiger partial charge in [0.25, 0.3) is 5.91 Å². The maximum absolute atomic E-state index is 12.7. The van der Waals surface area contributed by atoms with Gasteiger partial charge in [0.05, 0.1) is 5.02 Å². The first-order chi connectivity index (χ1) is 12.2. The van der Waals surface area contributed by atoms with Gasteiger partial charge in [-0.15, -0.1) is 0 Å². The summed E-state index contributed by atoms with van der Waals surface area (Å²) >= 11 is 6.07. The van der Waals surface area contributed by atoms with E-state index in [2.05, 4.69) is 4.98 Å². The van der Waals surface area contributed by atoms with Crippen LogP contribution in [0.2, 0.25) is 5.02 Å². The first-order valence-electron chi connectivity index (χ1n) is 8.79. The van der Waals surface area contributed by atoms with Crippen molar-refractivity contribution in [3.8, 4) is 5.88 Å². The second kappa shape index (κ2) is 6.95. The fourth-order valence-electron chi connectivity index (χ4n) is 3.22. The molecule has 0 saturated carbocycles. The molecule has 7 nitrogen and oxygen atoms in total. The molecule has 0 bridgehead atoms. The highest BCUT2D eigenvalue weighted by Gasteiger charge is 2.39. The fourth-order valence-corrected chi connectivity index (χ4v) is 3.37. The molecule has 8 heteroatoms. The summed E-state index contributed by atoms with van der Waals surface area (Å²) in [4.78, 5) is 32.6. The highest BCUT2D eigenvalue weighted by molar-refractivity contribution is 6.30. The van der Waals surface area contributed by atoms with Gasteiger partial charge in [0.2, 0.25) is 5.88 Å². The minimum atomic E-state index is -0.597. The minimum absolute atomic E-state index is 0.0356. The minimum Gasteiger partial charge on any atom is -0.463 e. The first kappa shape index (κ1) is 18.8. The molecule has 3 rings (SSSR count). The Morgan fingerprint density at radius 1 is 1.35 bits per heavy atom. The molecular formula is C18H24ClN3O4. The Balaban J connectivity index is 1.74. The Morgan fingerprint density at radius 3 is 2.62 bits per heavy atom. The molecule has 0 N–H and O–H groups in total. The zero-order valence-corrected chi connectivity index (χ0v) is 16.2. The lowest BCUT2D eigenvalue weighted by atomic mass is 10.0. The van der Waals surface area contributed by atoms with Crippen molar-refractivity contribution < 1.29 is 19.1 Å². The summed E-state index contributed by atoms with van der Waals surface area (Å²) < 4.78 is 11.0. The number of halogens is 1. The number of rotatable bonds is 1. The van der Waals surface area contributed by atoms with Crippen LogP contribution in [0.3, 0.4) is 0 Å². The predicted molar refractivity (Wildman–Crippen MR) is 97.7 cm³/mol. The van der Waals surface area contributed by atoms with Gasteiger partial charge in [-0.05, 0) is 46.6 Å². The molecule has 0 radical (unpaired) electrons. The lowest BCUT2D eigenvalue weighted by Gasteiger charge is -2.41. The zero-order chi connectivity index (χ0) is 19.1. The highest BCUT2D eigenvalue weighted by atomic mass is 35.5. The van der Waals surface area contributed by atoms with Gasteiger partial charge in [-0.25, -0.2) is 9.78 Å². The number of piperidine rings is 1. The van der Waals surface area contributed by atoms with Crippen LogP contribution in [0.5, 0.6) is 5.88 Å². The molecule has 0 aliphatic carbocycles. The average molecular weight is 382 g/mol. The molecular weight excluding hydrogens is 358 g/mol. The molecule has 0 spiro atoms. The number of likely N-dealkylation sites (tertiary alicyclic amines) is 1. The van der Waals surface area contributed by atoms with Gasteiger partial charge in [-0.3, -0.25) is 4.79 Å². The van der Waals surface area contributed by atoms with E-state index < -0.39 is 11.7 Å². The van der Waals surface area contributed by atoms with Crippen LogP contribution in [0.1, 0.15) is 40.5 Å². The monoisotopic (exact) mass is 381 g/mol. The number of aromatic nitrogens is 1. The van der Waals surface area contributed by atoms with Crippen molar-refractivity contribution in [1.29, 1.82) is 0 Å². The van der Waals surface area contributed by atoms with Crippen molar-refractivity contribution in [1.82, 2.24) is 9.88 Å². The third-order valence-electron chi connectivity index (χ3n) is 4.41. The maximum Gasteiger partial charge on any atom is 0.410 e. The van der Waals surface area contributed by atoms with Crippen LogP contribution < -0.4 is 9.64 Å². The number of ether oxygens (including phenoxy) is 2. The van der Waals surface area contributed by atoms with E-state index in [4.69, 9.17) is 21.1 Å². The van der Waals surface area contributed by atoms with Crippen molar-refractivity contribution in [2.24, 2.45) is 0 Å². The van der Waals surface area contributed by atoms with Gasteiger partial charge in [0.15, 0.2) is 6.10 Å². The van der Waals surface area contributed by atoms with Crippen molar-refractivity contribution in [3.05, 3.63) is 17.3 Å². The van der Waals surface area contributed by atoms with Crippen LogP contribution in [0.15, 0.2) is 12.3 Å². The SMILES string of the molecule is C[C@@H]1Oc2ncc(Cl)cc2N(C2CCN(C(=O)OC(C)(C)C)CC2)C1=O. The van der Waals surface area contributed by atoms with E-state index in [0.29, 0.717) is 42.5 Å². The molecule has 1 aromatic rings. The zero-order valence-electron chi connectivity index (χ0n) is 15.5. The van der Waals surface area contributed by atoms with Crippen molar-refractivity contribution >= 4 is 29.3 Å². The molecule has 1 saturated heterocycles. The highest BCUT2D eigenvalue weighted by Crippen LogP contribution is 2.37. The second-order valence-corrected chi connectivity index (χ2v) is 8.08. The van der Waals surface area contributed by atoms with Gasteiger partial charge >= 0.3 is 6.09 Å². The Morgan fingerprint density at radius 2 is 2.00 bits per heavy atom. The van der Waals surface area contributed by atoms with E-state index >= 15 is 0 Å². The van der Waals surface area contributed by atoms with E-state index in [-0.39, 0.29) is 18.0 Å². The van der Waals surface area contributed by atoms with E-state index in [0.717, 1.165) is 0 Å². The first-order valence-corrected chi connectivity index (χ1v) is 9.17. The summed E-state index contributed by atoms with van der Waals surface area (Å²) in [7, 11) is 0. The van der Waals surface area contributed by atoms with Crippen LogP contribution in [0.4, 0.5) is 10.5 Å². The lowest BCUT2D eigenvalue weighted by Crippen LogP contribution is -2.54. The van der Waals surface area contributed by atoms with Gasteiger partial charge < -0.3 is 19.3 Å². The van der Waals surface area contributed by atoms with E-state index in [1.165, 1.54) is 6.20 Å². The quantitative estimate of drug-likeness (QED) is 0.746. The number of hydrogen-bond acceptors (Lipinski definition) is 5. The third-order valence-corrected chi connectivity index (χ3v) is 4.62. The van der Waals surface area contributed by atoms with Crippen LogP contribution in [0, 0.1) is 0 Å². The van der Waals surface area contributed by atoms with Gasteiger partial charge in [-0.2, -0.15) is 0 Å². The standard InChI is InChI=1S/C18H24ClN3O4/c1-11-16(23)22(14-9-12(19)10-20-15(14)25-11)13-5-7-21(8-6-13)17(24)26-18(2,3)4/h9-11,13H,5-8H2,1-4H3/t11-/m0/s1. The van der Waals surface area contributed by atoms with E-state index in [1.807, 2.05) is 20.8 Å². The normalized spacial score (nSPS) is 21.3. The summed E-state index contributed by atoms with van der Waals surface area (Å²) in [5.74, 6) is 0.299. The Kier molecular flexibility index (Phi) is 5.01. The van der Waals surface area contributed by atoms with Crippen molar-refractivity contribution in [2.45, 2.75) is 58.3 Å². The molecule has 0 unspecified atom stereocenters. The molecule has 1 atom stereocenters. The van der Waals surface area contributed by atoms with Gasteiger partial charge in [0.1, 0.15) is 11.3 Å². The number of anilines is 1. The number of hydrogen-bond donors (Lipinski definition) is 0. The molecule has 1 fully saturated rings. The fraction of sp³-hybridized carbons (Fsp3) is 0.611. The molecule has 1 aromatic heterocycles. The molecule has 3 heterocycles. The number of nitrogens with zero attached hydrogens (tertiary/aromatic N) is 3. The van der Waals surface area contributed by atoms with Gasteiger partial charge in [-0.1, -0.05) is 11.6 Å². The van der Waals surface area contributed by atoms with E-state index in [1.54, 1.807) is 22.8 Å². The summed E-state index contributed by atoms with van der Waals surface area (Å²) in [5.41, 5.74) is 0.0709. The van der Waals surface area contributed by atoms with E-state index in [9.17, 15) is 9.59 Å². The predicted octanol–water partition coefficient (Wildman–Crippen LogP) is 3.25. The second-order valence-electron chi connectivity index (χ2n) is 7.64. The summed E-state index contributed by atoms with van der Waals surface area (Å²) in [6, 6.07) is 1.67. The number of pyridine rings is 1. The lowest BCUT2D eigenvalue weighted by molar-refractivity contribution is -0.126. The van der Waals surface area contributed by atoms with Crippen LogP contribution in [-0.2, 0) is 9.53 Å². The Bertz CT molecular complexity index is 711. The molecule has 142 valence electrons. The Labute approximate surface area is 158 Å². The Hall–Kier alpha value is -2.02. The van der Waals surface area contributed by atoms with Crippen molar-refractivity contribution in [2.75, 3.05) is 18.0 Å². The largest absolute Gasteiger partial charge is 0.463 e. The van der Waals surface area contributed by atoms with Crippen LogP contribution in [0.25, 0.3) is 0 Å².